The number of nitrogens with zero attached hydrogens (tertiary/aromatic N) is 4. The quantitative estimate of drug-likeness (QED) is 0.356. The van der Waals surface area contributed by atoms with E-state index in [9.17, 15) is 9.18 Å². The number of hydrogen-bond donors (Lipinski definition) is 1. The molecule has 3 heterocycles. The minimum absolute atomic E-state index is 0.0634. The van der Waals surface area contributed by atoms with Crippen molar-refractivity contribution in [3.05, 3.63) is 87.0 Å². The van der Waals surface area contributed by atoms with Gasteiger partial charge in [0.25, 0.3) is 5.56 Å². The Balaban J connectivity index is 1.36. The number of para-hydroxylation sites is 1. The van der Waals surface area contributed by atoms with E-state index >= 15 is 0 Å². The van der Waals surface area contributed by atoms with Gasteiger partial charge in [0.05, 0.1) is 11.1 Å². The van der Waals surface area contributed by atoms with Gasteiger partial charge in [-0.25, -0.2) is 9.37 Å². The molecule has 0 unspecified atom stereocenters. The maximum atomic E-state index is 13.5. The summed E-state index contributed by atoms with van der Waals surface area (Å²) < 4.78 is 15.4. The van der Waals surface area contributed by atoms with Crippen LogP contribution in [0, 0.1) is 5.82 Å². The number of benzene rings is 2. The van der Waals surface area contributed by atoms with Gasteiger partial charge < -0.3 is 4.98 Å². The maximum absolute atomic E-state index is 13.5. The second-order valence-electron chi connectivity index (χ2n) is 7.82. The number of thioether (sulfide) groups is 1. The average molecular weight is 476 g/mol. The second-order valence-corrected chi connectivity index (χ2v) is 9.85. The maximum Gasteiger partial charge on any atom is 0.259 e. The number of aromatic amines is 1. The Morgan fingerprint density at radius 2 is 1.88 bits per heavy atom. The minimum Gasteiger partial charge on any atom is -0.309 e. The van der Waals surface area contributed by atoms with Crippen molar-refractivity contribution in [2.75, 3.05) is 0 Å². The van der Waals surface area contributed by atoms with Crippen molar-refractivity contribution in [1.29, 1.82) is 0 Å². The molecule has 0 radical (unpaired) electrons. The molecule has 0 saturated carbocycles. The topological polar surface area (TPSA) is 76.5 Å². The molecule has 0 aliphatic heterocycles. The molecule has 0 bridgehead atoms. The molecule has 2 aromatic carbocycles. The van der Waals surface area contributed by atoms with Gasteiger partial charge in [0.2, 0.25) is 0 Å². The van der Waals surface area contributed by atoms with E-state index in [4.69, 9.17) is 4.98 Å². The lowest BCUT2D eigenvalue weighted by molar-refractivity contribution is 0.628. The number of thiophene rings is 1. The molecule has 164 valence electrons. The number of aryl methyl sites for hydroxylation is 2. The van der Waals surface area contributed by atoms with Gasteiger partial charge in [-0.05, 0) is 61.2 Å². The summed E-state index contributed by atoms with van der Waals surface area (Å²) in [5, 5.41) is 10.2. The van der Waals surface area contributed by atoms with Crippen LogP contribution in [0.5, 0.6) is 0 Å². The Labute approximate surface area is 196 Å². The van der Waals surface area contributed by atoms with E-state index < -0.39 is 0 Å². The highest BCUT2D eigenvalue weighted by Crippen LogP contribution is 2.35. The molecule has 9 heteroatoms. The van der Waals surface area contributed by atoms with Crippen LogP contribution >= 0.6 is 23.1 Å². The van der Waals surface area contributed by atoms with Gasteiger partial charge >= 0.3 is 0 Å². The molecule has 0 fully saturated rings. The molecule has 0 atom stereocenters. The Morgan fingerprint density at radius 3 is 2.70 bits per heavy atom. The molecule has 1 N–H and O–H groups in total. The van der Waals surface area contributed by atoms with Crippen molar-refractivity contribution in [1.82, 2.24) is 24.7 Å². The number of H-pyrrole nitrogens is 1. The van der Waals surface area contributed by atoms with Crippen molar-refractivity contribution in [3.8, 4) is 17.1 Å². The number of halogens is 1. The predicted octanol–water partition coefficient (Wildman–Crippen LogP) is 5.15. The highest BCUT2D eigenvalue weighted by Gasteiger charge is 2.22. The first-order chi connectivity index (χ1) is 16.2. The zero-order valence-electron chi connectivity index (χ0n) is 17.4. The molecule has 0 amide bonds. The van der Waals surface area contributed by atoms with Crippen molar-refractivity contribution >= 4 is 33.3 Å². The Kier molecular flexibility index (Phi) is 5.07. The van der Waals surface area contributed by atoms with Crippen LogP contribution in [-0.4, -0.2) is 24.7 Å². The normalized spacial score (nSPS) is 13.0. The van der Waals surface area contributed by atoms with Crippen LogP contribution in [-0.2, 0) is 18.6 Å². The van der Waals surface area contributed by atoms with Gasteiger partial charge in [0, 0.05) is 16.1 Å². The van der Waals surface area contributed by atoms with Gasteiger partial charge in [-0.15, -0.1) is 21.5 Å². The van der Waals surface area contributed by atoms with Gasteiger partial charge in [0.15, 0.2) is 11.0 Å². The van der Waals surface area contributed by atoms with E-state index in [2.05, 4.69) is 15.2 Å². The first kappa shape index (κ1) is 20.3. The first-order valence-corrected chi connectivity index (χ1v) is 12.4. The van der Waals surface area contributed by atoms with Crippen LogP contribution in [0.25, 0.3) is 27.3 Å². The van der Waals surface area contributed by atoms with E-state index in [0.717, 1.165) is 40.7 Å². The predicted molar refractivity (Wildman–Crippen MR) is 129 cm³/mol. The van der Waals surface area contributed by atoms with Gasteiger partial charge in [-0.3, -0.25) is 9.36 Å². The molecule has 6 nitrogen and oxygen atoms in total. The lowest BCUT2D eigenvalue weighted by Gasteiger charge is -2.10. The third-order valence-corrected chi connectivity index (χ3v) is 7.84. The van der Waals surface area contributed by atoms with Crippen molar-refractivity contribution in [3.63, 3.8) is 0 Å². The molecule has 5 aromatic rings. The Morgan fingerprint density at radius 1 is 1.06 bits per heavy atom. The lowest BCUT2D eigenvalue weighted by atomic mass is 10.2. The monoisotopic (exact) mass is 475 g/mol. The van der Waals surface area contributed by atoms with E-state index in [-0.39, 0.29) is 11.4 Å². The van der Waals surface area contributed by atoms with Crippen LogP contribution in [0.1, 0.15) is 22.7 Å². The van der Waals surface area contributed by atoms with Crippen molar-refractivity contribution in [2.24, 2.45) is 0 Å². The minimum atomic E-state index is -0.302. The van der Waals surface area contributed by atoms with Crippen LogP contribution in [0.4, 0.5) is 4.39 Å². The van der Waals surface area contributed by atoms with Crippen LogP contribution < -0.4 is 5.56 Å². The molecule has 3 aromatic heterocycles. The van der Waals surface area contributed by atoms with E-state index in [1.807, 2.05) is 34.9 Å². The van der Waals surface area contributed by atoms with E-state index in [1.165, 1.54) is 34.3 Å². The summed E-state index contributed by atoms with van der Waals surface area (Å²) in [6, 6.07) is 16.0. The summed E-state index contributed by atoms with van der Waals surface area (Å²) in [5.41, 5.74) is 2.78. The summed E-state index contributed by atoms with van der Waals surface area (Å²) in [6.45, 7) is 0. The largest absolute Gasteiger partial charge is 0.309 e. The summed E-state index contributed by atoms with van der Waals surface area (Å²) in [6.07, 6.45) is 3.10. The number of fused-ring (bicyclic) bond motifs is 3. The zero-order valence-corrected chi connectivity index (χ0v) is 19.0. The average Bonchev–Trinajstić information content (AvgIpc) is 3.53. The SMILES string of the molecule is O=c1[nH]c(CSc2nnc(-c3ccc(F)cc3)n2-c2ccccc2)nc2sc3c(c12)CCC3. The zero-order chi connectivity index (χ0) is 22.4. The van der Waals surface area contributed by atoms with Gasteiger partial charge in [0.1, 0.15) is 16.5 Å². The summed E-state index contributed by atoms with van der Waals surface area (Å²) in [4.78, 5) is 22.6. The molecule has 0 spiro atoms. The van der Waals surface area contributed by atoms with Gasteiger partial charge in [-0.2, -0.15) is 0 Å². The van der Waals surface area contributed by atoms with Crippen LogP contribution in [0.2, 0.25) is 0 Å². The number of hydrogen-bond acceptors (Lipinski definition) is 6. The number of nitrogens with one attached hydrogen (secondary N) is 1. The fourth-order valence-electron chi connectivity index (χ4n) is 4.21. The van der Waals surface area contributed by atoms with Gasteiger partial charge in [-0.1, -0.05) is 30.0 Å². The number of rotatable bonds is 5. The standard InChI is InChI=1S/C24H18FN5OS2/c25-15-11-9-14(10-12-15)21-28-29-24(30(21)16-5-2-1-3-6-16)32-13-19-26-22(31)20-17-7-4-8-18(17)33-23(20)27-19/h1-3,5-6,9-12H,4,7-8,13H2,(H,26,27,31). The van der Waals surface area contributed by atoms with Crippen molar-refractivity contribution < 1.29 is 4.39 Å². The first-order valence-electron chi connectivity index (χ1n) is 10.6. The molecular weight excluding hydrogens is 457 g/mol. The molecule has 33 heavy (non-hydrogen) atoms. The Bertz CT molecular complexity index is 1520. The second kappa shape index (κ2) is 8.24. The van der Waals surface area contributed by atoms with Crippen LogP contribution in [0.3, 0.4) is 0 Å². The summed E-state index contributed by atoms with van der Waals surface area (Å²) >= 11 is 3.08. The molecule has 6 rings (SSSR count). The molecular formula is C24H18FN5OS2. The van der Waals surface area contributed by atoms with Crippen molar-refractivity contribution in [2.45, 2.75) is 30.2 Å². The molecule has 1 aliphatic rings. The lowest BCUT2D eigenvalue weighted by Crippen LogP contribution is -2.11. The summed E-state index contributed by atoms with van der Waals surface area (Å²) in [7, 11) is 0. The number of aromatic nitrogens is 5. The highest BCUT2D eigenvalue weighted by atomic mass is 32.2. The van der Waals surface area contributed by atoms with E-state index in [0.29, 0.717) is 22.6 Å². The Hall–Kier alpha value is -3.30. The smallest absolute Gasteiger partial charge is 0.259 e. The fourth-order valence-corrected chi connectivity index (χ4v) is 6.31. The van der Waals surface area contributed by atoms with E-state index in [1.54, 1.807) is 23.5 Å². The fraction of sp³-hybridized carbons (Fsp3) is 0.167. The third kappa shape index (κ3) is 3.67. The molecule has 0 saturated heterocycles. The molecule has 1 aliphatic carbocycles. The summed E-state index contributed by atoms with van der Waals surface area (Å²) in [5.74, 6) is 1.38. The highest BCUT2D eigenvalue weighted by molar-refractivity contribution is 7.98. The third-order valence-electron chi connectivity index (χ3n) is 5.71. The van der Waals surface area contributed by atoms with Crippen LogP contribution in [0.15, 0.2) is 64.5 Å².